The Balaban J connectivity index is 3.71. The molecule has 2 N–H and O–H groups in total. The third-order valence-electron chi connectivity index (χ3n) is 2.33. The molecule has 1 unspecified atom stereocenters. The van der Waals surface area contributed by atoms with E-state index in [0.29, 0.717) is 12.5 Å². The summed E-state index contributed by atoms with van der Waals surface area (Å²) in [5.41, 5.74) is 0. The highest BCUT2D eigenvalue weighted by molar-refractivity contribution is 6.65. The Kier molecular flexibility index (Phi) is 7.51. The highest BCUT2D eigenvalue weighted by Gasteiger charge is 2.28. The maximum absolute atomic E-state index is 11.0. The summed E-state index contributed by atoms with van der Waals surface area (Å²) in [6.45, 7) is 1.48. The lowest BCUT2D eigenvalue weighted by atomic mass is 10.4. The Labute approximate surface area is 96.4 Å². The topological polar surface area (TPSA) is 85.2 Å². The van der Waals surface area contributed by atoms with Gasteiger partial charge in [0.2, 0.25) is 0 Å². The first-order valence-electron chi connectivity index (χ1n) is 5.05. The fourth-order valence-corrected chi connectivity index (χ4v) is 2.39. The summed E-state index contributed by atoms with van der Waals surface area (Å²) in [5.74, 6) is -0.805. The first kappa shape index (κ1) is 15.5. The molecule has 0 rings (SSSR count). The zero-order chi connectivity index (χ0) is 12.6. The van der Waals surface area contributed by atoms with Crippen LogP contribution in [0, 0.1) is 0 Å². The van der Waals surface area contributed by atoms with Gasteiger partial charge in [-0.3, -0.25) is 0 Å². The molecule has 16 heavy (non-hydrogen) atoms. The molecule has 0 aromatic carbocycles. The summed E-state index contributed by atoms with van der Waals surface area (Å²) in [6.07, 6.45) is -0.845. The van der Waals surface area contributed by atoms with Crippen molar-refractivity contribution >= 4 is 14.5 Å². The summed E-state index contributed by atoms with van der Waals surface area (Å²) in [6, 6.07) is 0.697. The number of hydrogen-bond acceptors (Lipinski definition) is 6. The molecule has 96 valence electrons. The fourth-order valence-electron chi connectivity index (χ4n) is 1.02. The van der Waals surface area contributed by atoms with Gasteiger partial charge in [0.1, 0.15) is 0 Å². The van der Waals surface area contributed by atoms with Gasteiger partial charge in [-0.1, -0.05) is 0 Å². The quantitative estimate of drug-likeness (QED) is 0.348. The van der Waals surface area contributed by atoms with Gasteiger partial charge in [0.05, 0.1) is 13.2 Å². The van der Waals surface area contributed by atoms with Gasteiger partial charge in [-0.2, -0.15) is 0 Å². The van der Waals surface area contributed by atoms with E-state index in [0.717, 1.165) is 0 Å². The standard InChI is InChI=1S/C9H20O6Si/c1-13-16(3,14-2)6-4-5-15-9(12)8(11)7-10/h8,10-11H,4-7H2,1-3H3. The van der Waals surface area contributed by atoms with Gasteiger partial charge in [-0.25, -0.2) is 4.79 Å². The minimum Gasteiger partial charge on any atom is -0.464 e. The third kappa shape index (κ3) is 5.57. The number of hydrogen-bond donors (Lipinski definition) is 2. The van der Waals surface area contributed by atoms with E-state index < -0.39 is 27.2 Å². The molecule has 1 atom stereocenters. The predicted octanol–water partition coefficient (Wildman–Crippen LogP) is -0.362. The summed E-state index contributed by atoms with van der Waals surface area (Å²) in [5, 5.41) is 17.4. The molecule has 0 aliphatic heterocycles. The molecular formula is C9H20O6Si. The zero-order valence-electron chi connectivity index (χ0n) is 9.93. The van der Waals surface area contributed by atoms with E-state index in [4.69, 9.17) is 23.8 Å². The van der Waals surface area contributed by atoms with Crippen LogP contribution in [-0.4, -0.2) is 58.3 Å². The van der Waals surface area contributed by atoms with Crippen LogP contribution >= 0.6 is 0 Å². The molecule has 7 heteroatoms. The van der Waals surface area contributed by atoms with E-state index in [9.17, 15) is 4.79 Å². The number of esters is 1. The van der Waals surface area contributed by atoms with Crippen molar-refractivity contribution in [1.29, 1.82) is 0 Å². The second-order valence-corrected chi connectivity index (χ2v) is 7.10. The Hall–Kier alpha value is -0.473. The van der Waals surface area contributed by atoms with Crippen molar-refractivity contribution < 1.29 is 28.6 Å². The van der Waals surface area contributed by atoms with Crippen molar-refractivity contribution in [2.75, 3.05) is 27.4 Å². The van der Waals surface area contributed by atoms with E-state index >= 15 is 0 Å². The van der Waals surface area contributed by atoms with Crippen molar-refractivity contribution in [2.24, 2.45) is 0 Å². The number of aliphatic hydroxyl groups is 2. The van der Waals surface area contributed by atoms with Crippen molar-refractivity contribution in [1.82, 2.24) is 0 Å². The largest absolute Gasteiger partial charge is 0.464 e. The van der Waals surface area contributed by atoms with Gasteiger partial charge in [0, 0.05) is 14.2 Å². The molecule has 0 saturated heterocycles. The zero-order valence-corrected chi connectivity index (χ0v) is 10.9. The molecule has 0 radical (unpaired) electrons. The van der Waals surface area contributed by atoms with Crippen molar-refractivity contribution in [3.63, 3.8) is 0 Å². The predicted molar refractivity (Wildman–Crippen MR) is 59.1 cm³/mol. The molecule has 0 heterocycles. The summed E-state index contributed by atoms with van der Waals surface area (Å²) >= 11 is 0. The molecule has 0 amide bonds. The molecule has 0 fully saturated rings. The monoisotopic (exact) mass is 252 g/mol. The van der Waals surface area contributed by atoms with Crippen LogP contribution in [0.2, 0.25) is 12.6 Å². The Morgan fingerprint density at radius 1 is 1.38 bits per heavy atom. The summed E-state index contributed by atoms with van der Waals surface area (Å²) in [7, 11) is 1.08. The molecule has 0 saturated carbocycles. The van der Waals surface area contributed by atoms with Gasteiger partial charge in [0.15, 0.2) is 6.10 Å². The second-order valence-electron chi connectivity index (χ2n) is 3.51. The average Bonchev–Trinajstić information content (AvgIpc) is 2.32. The van der Waals surface area contributed by atoms with Crippen LogP contribution in [0.1, 0.15) is 6.42 Å². The fraction of sp³-hybridized carbons (Fsp3) is 0.889. The van der Waals surface area contributed by atoms with Crippen LogP contribution in [-0.2, 0) is 18.4 Å². The van der Waals surface area contributed by atoms with Gasteiger partial charge in [-0.05, 0) is 19.0 Å². The maximum atomic E-state index is 11.0. The lowest BCUT2D eigenvalue weighted by molar-refractivity contribution is -0.155. The normalized spacial score (nSPS) is 13.6. The number of carbonyl (C=O) groups is 1. The van der Waals surface area contributed by atoms with Crippen molar-refractivity contribution in [3.8, 4) is 0 Å². The van der Waals surface area contributed by atoms with Crippen LogP contribution in [0.25, 0.3) is 0 Å². The smallest absolute Gasteiger partial charge is 0.337 e. The van der Waals surface area contributed by atoms with E-state index in [-0.39, 0.29) is 6.61 Å². The van der Waals surface area contributed by atoms with Crippen LogP contribution in [0.15, 0.2) is 0 Å². The third-order valence-corrected chi connectivity index (χ3v) is 5.32. The first-order chi connectivity index (χ1) is 7.49. The van der Waals surface area contributed by atoms with E-state index in [1.165, 1.54) is 0 Å². The van der Waals surface area contributed by atoms with E-state index in [1.54, 1.807) is 14.2 Å². The molecular weight excluding hydrogens is 232 g/mol. The number of ether oxygens (including phenoxy) is 1. The lowest BCUT2D eigenvalue weighted by Crippen LogP contribution is -2.36. The van der Waals surface area contributed by atoms with Crippen LogP contribution in [0.5, 0.6) is 0 Å². The van der Waals surface area contributed by atoms with Gasteiger partial charge < -0.3 is 23.8 Å². The van der Waals surface area contributed by atoms with Crippen molar-refractivity contribution in [2.45, 2.75) is 25.1 Å². The molecule has 0 aliphatic rings. The SMILES string of the molecule is CO[Si](C)(CCCOC(=O)C(O)CO)OC. The second kappa shape index (κ2) is 7.74. The van der Waals surface area contributed by atoms with Crippen LogP contribution in [0.3, 0.4) is 0 Å². The van der Waals surface area contributed by atoms with Crippen LogP contribution < -0.4 is 0 Å². The highest BCUT2D eigenvalue weighted by Crippen LogP contribution is 2.13. The van der Waals surface area contributed by atoms with E-state index in [1.807, 2.05) is 6.55 Å². The minimum atomic E-state index is -2.11. The summed E-state index contributed by atoms with van der Waals surface area (Å²) in [4.78, 5) is 11.0. The Morgan fingerprint density at radius 3 is 2.38 bits per heavy atom. The average molecular weight is 252 g/mol. The Bertz CT molecular complexity index is 206. The Morgan fingerprint density at radius 2 is 1.94 bits per heavy atom. The van der Waals surface area contributed by atoms with Gasteiger partial charge >= 0.3 is 14.5 Å². The maximum Gasteiger partial charge on any atom is 0.337 e. The van der Waals surface area contributed by atoms with E-state index in [2.05, 4.69) is 0 Å². The molecule has 0 bridgehead atoms. The summed E-state index contributed by atoms with van der Waals surface area (Å²) < 4.78 is 15.2. The lowest BCUT2D eigenvalue weighted by Gasteiger charge is -2.22. The number of aliphatic hydroxyl groups excluding tert-OH is 2. The first-order valence-corrected chi connectivity index (χ1v) is 7.57. The molecule has 0 spiro atoms. The number of carbonyl (C=O) groups excluding carboxylic acids is 1. The molecule has 6 nitrogen and oxygen atoms in total. The minimum absolute atomic E-state index is 0.186. The molecule has 0 aliphatic carbocycles. The van der Waals surface area contributed by atoms with Crippen molar-refractivity contribution in [3.05, 3.63) is 0 Å². The van der Waals surface area contributed by atoms with Gasteiger partial charge in [-0.15, -0.1) is 0 Å². The molecule has 0 aromatic heterocycles. The van der Waals surface area contributed by atoms with Crippen LogP contribution in [0.4, 0.5) is 0 Å². The van der Waals surface area contributed by atoms with Gasteiger partial charge in [0.25, 0.3) is 0 Å². The highest BCUT2D eigenvalue weighted by atomic mass is 28.4. The number of rotatable bonds is 8. The molecule has 0 aromatic rings.